The van der Waals surface area contributed by atoms with Crippen LogP contribution in [0.1, 0.15) is 49.7 Å². The smallest absolute Gasteiger partial charge is 0.225 e. The van der Waals surface area contributed by atoms with E-state index in [-0.39, 0.29) is 36.3 Å². The number of alkyl halides is 1. The zero-order valence-corrected chi connectivity index (χ0v) is 20.1. The number of hydrogen-bond acceptors (Lipinski definition) is 4. The number of aromatic hydroxyl groups is 2. The number of aromatic nitrogens is 2. The first kappa shape index (κ1) is 25.3. The van der Waals surface area contributed by atoms with Gasteiger partial charge in [-0.25, -0.2) is 0 Å². The zero-order chi connectivity index (χ0) is 25.5. The van der Waals surface area contributed by atoms with Gasteiger partial charge in [0.15, 0.2) is 5.78 Å². The lowest BCUT2D eigenvalue weighted by atomic mass is 9.97. The lowest BCUT2D eigenvalue weighted by Crippen LogP contribution is -2.43. The van der Waals surface area contributed by atoms with Crippen molar-refractivity contribution in [3.05, 3.63) is 59.9 Å². The first-order valence-electron chi connectivity index (χ1n) is 12.4. The third kappa shape index (κ3) is 6.24. The number of carbonyl (C=O) groups is 2. The van der Waals surface area contributed by atoms with Crippen LogP contribution in [0.4, 0.5) is 4.39 Å². The van der Waals surface area contributed by atoms with Crippen molar-refractivity contribution in [2.24, 2.45) is 0 Å². The number of unbranched alkanes of at least 4 members (excludes halogenated alkanes) is 4. The summed E-state index contributed by atoms with van der Waals surface area (Å²) in [5, 5.41) is 24.2. The van der Waals surface area contributed by atoms with Gasteiger partial charge in [-0.15, -0.1) is 0 Å². The van der Waals surface area contributed by atoms with Gasteiger partial charge >= 0.3 is 0 Å². The van der Waals surface area contributed by atoms with Crippen molar-refractivity contribution in [1.82, 2.24) is 15.3 Å². The van der Waals surface area contributed by atoms with Crippen molar-refractivity contribution in [2.45, 2.75) is 57.4 Å². The number of amides is 1. The molecule has 0 bridgehead atoms. The number of hydrogen-bond donors (Lipinski definition) is 5. The van der Waals surface area contributed by atoms with E-state index >= 15 is 0 Å². The SMILES string of the molecule is O=C(Cc1c[nH]c2ccc(O)cc12)NC(Cc1c[nH]c2ccc(O)cc12)C(=O)CCCCCCC[18F]. The number of nitrogens with one attached hydrogen (secondary N) is 3. The van der Waals surface area contributed by atoms with Crippen molar-refractivity contribution in [3.63, 3.8) is 0 Å². The highest BCUT2D eigenvalue weighted by molar-refractivity contribution is 5.93. The number of rotatable bonds is 13. The van der Waals surface area contributed by atoms with Crippen LogP contribution >= 0.6 is 0 Å². The minimum Gasteiger partial charge on any atom is -0.508 e. The molecule has 4 rings (SSSR count). The number of aromatic amines is 2. The van der Waals surface area contributed by atoms with Gasteiger partial charge in [0.2, 0.25) is 5.91 Å². The van der Waals surface area contributed by atoms with Gasteiger partial charge in [0.1, 0.15) is 11.5 Å². The van der Waals surface area contributed by atoms with E-state index in [0.29, 0.717) is 25.7 Å². The summed E-state index contributed by atoms with van der Waals surface area (Å²) < 4.78 is 12.3. The van der Waals surface area contributed by atoms with Gasteiger partial charge in [-0.2, -0.15) is 0 Å². The maximum absolute atomic E-state index is 13.2. The van der Waals surface area contributed by atoms with E-state index in [1.165, 1.54) is 0 Å². The Hall–Kier alpha value is -3.81. The predicted molar refractivity (Wildman–Crippen MR) is 138 cm³/mol. The molecule has 0 aliphatic rings. The van der Waals surface area contributed by atoms with E-state index in [1.807, 2.05) is 0 Å². The van der Waals surface area contributed by atoms with Gasteiger partial charge in [-0.1, -0.05) is 19.3 Å². The third-order valence-electron chi connectivity index (χ3n) is 6.56. The number of phenols is 2. The molecule has 1 unspecified atom stereocenters. The summed E-state index contributed by atoms with van der Waals surface area (Å²) in [5.41, 5.74) is 3.22. The molecule has 0 fully saturated rings. The van der Waals surface area contributed by atoms with E-state index in [4.69, 9.17) is 0 Å². The van der Waals surface area contributed by atoms with Crippen LogP contribution < -0.4 is 5.32 Å². The Morgan fingerprint density at radius 3 is 2.08 bits per heavy atom. The van der Waals surface area contributed by atoms with Crippen LogP contribution in [0.3, 0.4) is 0 Å². The Labute approximate surface area is 208 Å². The van der Waals surface area contributed by atoms with Crippen molar-refractivity contribution in [1.29, 1.82) is 0 Å². The summed E-state index contributed by atoms with van der Waals surface area (Å²) in [6.07, 6.45) is 7.99. The Morgan fingerprint density at radius 2 is 1.42 bits per heavy atom. The van der Waals surface area contributed by atoms with Crippen LogP contribution in [-0.4, -0.2) is 44.6 Å². The van der Waals surface area contributed by atoms with Gasteiger partial charge in [0, 0.05) is 47.0 Å². The molecule has 0 radical (unpaired) electrons. The van der Waals surface area contributed by atoms with Crippen molar-refractivity contribution < 1.29 is 24.2 Å². The molecule has 2 aromatic heterocycles. The van der Waals surface area contributed by atoms with Crippen LogP contribution in [-0.2, 0) is 22.4 Å². The molecule has 5 N–H and O–H groups in total. The van der Waals surface area contributed by atoms with E-state index < -0.39 is 6.04 Å². The lowest BCUT2D eigenvalue weighted by Gasteiger charge is -2.18. The second-order valence-corrected chi connectivity index (χ2v) is 9.26. The fourth-order valence-electron chi connectivity index (χ4n) is 4.63. The highest BCUT2D eigenvalue weighted by Crippen LogP contribution is 2.25. The maximum Gasteiger partial charge on any atom is 0.225 e. The molecule has 1 amide bonds. The fraction of sp³-hybridized carbons (Fsp3) is 0.357. The molecule has 190 valence electrons. The highest BCUT2D eigenvalue weighted by atomic mass is 18.2. The molecule has 1 atom stereocenters. The molecule has 0 spiro atoms. The summed E-state index contributed by atoms with van der Waals surface area (Å²) in [6, 6.07) is 9.23. The molecule has 4 aromatic rings. The largest absolute Gasteiger partial charge is 0.508 e. The first-order chi connectivity index (χ1) is 17.4. The number of H-pyrrole nitrogens is 2. The fourth-order valence-corrected chi connectivity index (χ4v) is 4.63. The Kier molecular flexibility index (Phi) is 8.25. The van der Waals surface area contributed by atoms with Crippen LogP contribution in [0.25, 0.3) is 21.8 Å². The molecule has 0 aliphatic heterocycles. The maximum atomic E-state index is 13.2. The summed E-state index contributed by atoms with van der Waals surface area (Å²) in [4.78, 5) is 32.5. The van der Waals surface area contributed by atoms with E-state index in [9.17, 15) is 24.2 Å². The number of phenolic OH excluding ortho intramolecular Hbond substituents is 2. The molecule has 8 heteroatoms. The third-order valence-corrected chi connectivity index (χ3v) is 6.56. The van der Waals surface area contributed by atoms with E-state index in [0.717, 1.165) is 52.2 Å². The van der Waals surface area contributed by atoms with Crippen LogP contribution in [0.2, 0.25) is 0 Å². The number of fused-ring (bicyclic) bond motifs is 2. The Morgan fingerprint density at radius 1 is 0.833 bits per heavy atom. The molecule has 0 aliphatic carbocycles. The van der Waals surface area contributed by atoms with Crippen molar-refractivity contribution in [3.8, 4) is 11.5 Å². The van der Waals surface area contributed by atoms with Gasteiger partial charge in [0.25, 0.3) is 0 Å². The monoisotopic (exact) mass is 492 g/mol. The number of halogens is 1. The van der Waals surface area contributed by atoms with E-state index in [2.05, 4.69) is 15.3 Å². The average Bonchev–Trinajstić information content (AvgIpc) is 3.44. The number of carbonyl (C=O) groups excluding carboxylic acids is 2. The second kappa shape index (κ2) is 11.7. The molecule has 36 heavy (non-hydrogen) atoms. The summed E-state index contributed by atoms with van der Waals surface area (Å²) in [5.74, 6) is -0.0970. The molecule has 0 saturated carbocycles. The second-order valence-electron chi connectivity index (χ2n) is 9.26. The average molecular weight is 493 g/mol. The summed E-state index contributed by atoms with van der Waals surface area (Å²) in [6.45, 7) is -0.316. The van der Waals surface area contributed by atoms with Crippen LogP contribution in [0.5, 0.6) is 11.5 Å². The molecule has 0 saturated heterocycles. The van der Waals surface area contributed by atoms with Crippen molar-refractivity contribution in [2.75, 3.05) is 6.67 Å². The van der Waals surface area contributed by atoms with Gasteiger partial charge < -0.3 is 25.5 Å². The molecule has 7 nitrogen and oxygen atoms in total. The minimum atomic E-state index is -0.719. The summed E-state index contributed by atoms with van der Waals surface area (Å²) in [7, 11) is 0. The minimum absolute atomic E-state index is 0.0556. The van der Waals surface area contributed by atoms with Crippen LogP contribution in [0, 0.1) is 0 Å². The molecule has 2 heterocycles. The standard InChI is InChI=1S/C28H32FN3O4/c29-11-5-3-1-2-4-6-27(35)26(12-18-16-30-24-9-7-20(33)14-22(18)24)32-28(36)13-19-17-31-25-10-8-21(34)15-23(19)25/h7-10,14-17,26,30-31,33-34H,1-6,11-13H2,(H,32,36)/i29-1. The molecule has 2 aromatic carbocycles. The van der Waals surface area contributed by atoms with Crippen LogP contribution in [0.15, 0.2) is 48.8 Å². The quantitative estimate of drug-likeness (QED) is 0.165. The highest BCUT2D eigenvalue weighted by Gasteiger charge is 2.23. The van der Waals surface area contributed by atoms with Gasteiger partial charge in [-0.3, -0.25) is 14.0 Å². The number of Topliss-reactive ketones (excluding diaryl/α,β-unsaturated/α-hetero) is 1. The normalized spacial score (nSPS) is 12.2. The van der Waals surface area contributed by atoms with Gasteiger partial charge in [-0.05, 0) is 60.4 Å². The Balaban J connectivity index is 1.47. The number of ketones is 1. The molecular formula is C28H32FN3O4. The number of benzene rings is 2. The Bertz CT molecular complexity index is 1340. The predicted octanol–water partition coefficient (Wildman–Crippen LogP) is 5.21. The first-order valence-corrected chi connectivity index (χ1v) is 12.4. The van der Waals surface area contributed by atoms with Gasteiger partial charge in [0.05, 0.1) is 19.1 Å². The van der Waals surface area contributed by atoms with Crippen molar-refractivity contribution >= 4 is 33.5 Å². The van der Waals surface area contributed by atoms with E-state index in [1.54, 1.807) is 48.8 Å². The lowest BCUT2D eigenvalue weighted by molar-refractivity contribution is -0.127. The zero-order valence-electron chi connectivity index (χ0n) is 20.1. The summed E-state index contributed by atoms with van der Waals surface area (Å²) >= 11 is 0. The molecular weight excluding hydrogens is 460 g/mol. The topological polar surface area (TPSA) is 118 Å².